The Morgan fingerprint density at radius 3 is 1.76 bits per heavy atom. The number of Topliss-reactive ketones (excluding diaryl/α,β-unsaturated/α-hetero) is 1. The van der Waals surface area contributed by atoms with E-state index in [1.165, 1.54) is 38.5 Å². The molecule has 0 fully saturated rings. The van der Waals surface area contributed by atoms with E-state index in [1.54, 1.807) is 13.8 Å². The van der Waals surface area contributed by atoms with E-state index < -0.39 is 11.5 Å². The number of carbonyl (C=O) groups is 2. The molecule has 0 saturated carbocycles. The normalized spacial score (nSPS) is 14.1. The maximum absolute atomic E-state index is 12.0. The van der Waals surface area contributed by atoms with Crippen molar-refractivity contribution in [2.24, 2.45) is 11.7 Å². The lowest BCUT2D eigenvalue weighted by molar-refractivity contribution is -0.150. The summed E-state index contributed by atoms with van der Waals surface area (Å²) in [6, 6.07) is 0. The molecule has 0 amide bonds. The molecule has 0 saturated heterocycles. The molecule has 124 valence electrons. The van der Waals surface area contributed by atoms with Gasteiger partial charge in [0.25, 0.3) is 0 Å². The molecule has 0 heterocycles. The quantitative estimate of drug-likeness (QED) is 0.399. The van der Waals surface area contributed by atoms with E-state index in [-0.39, 0.29) is 18.1 Å². The van der Waals surface area contributed by atoms with Crippen molar-refractivity contribution in [3.05, 3.63) is 0 Å². The van der Waals surface area contributed by atoms with Crippen LogP contribution in [0.4, 0.5) is 0 Å². The Morgan fingerprint density at radius 1 is 0.952 bits per heavy atom. The van der Waals surface area contributed by atoms with Crippen LogP contribution < -0.4 is 5.73 Å². The van der Waals surface area contributed by atoms with Gasteiger partial charge in [0.15, 0.2) is 11.3 Å². The molecule has 0 aliphatic heterocycles. The number of ketones is 1. The molecular formula is C17H33NO3. The zero-order chi connectivity index (χ0) is 16.3. The molecular weight excluding hydrogens is 266 g/mol. The number of carboxylic acids is 1. The number of nitrogens with two attached hydrogens (primary N) is 1. The second kappa shape index (κ2) is 10.8. The van der Waals surface area contributed by atoms with Crippen LogP contribution in [0.25, 0.3) is 0 Å². The topological polar surface area (TPSA) is 80.4 Å². The Hall–Kier alpha value is -0.900. The third kappa shape index (κ3) is 7.07. The molecule has 4 heteroatoms. The van der Waals surface area contributed by atoms with Crippen molar-refractivity contribution in [1.82, 2.24) is 0 Å². The first-order chi connectivity index (χ1) is 9.87. The lowest BCUT2D eigenvalue weighted by Crippen LogP contribution is -2.58. The summed E-state index contributed by atoms with van der Waals surface area (Å²) < 4.78 is 0. The Labute approximate surface area is 129 Å². The van der Waals surface area contributed by atoms with Gasteiger partial charge in [0, 0.05) is 6.42 Å². The molecule has 1 atom stereocenters. The molecule has 0 radical (unpaired) electrons. The number of carbonyl (C=O) groups excluding carboxylic acids is 1. The fraction of sp³-hybridized carbons (Fsp3) is 0.882. The largest absolute Gasteiger partial charge is 0.480 e. The van der Waals surface area contributed by atoms with Crippen LogP contribution in [0.2, 0.25) is 0 Å². The smallest absolute Gasteiger partial charge is 0.331 e. The van der Waals surface area contributed by atoms with Gasteiger partial charge in [-0.3, -0.25) is 4.79 Å². The van der Waals surface area contributed by atoms with Crippen LogP contribution >= 0.6 is 0 Å². The molecule has 0 aliphatic rings. The zero-order valence-corrected chi connectivity index (χ0v) is 14.0. The minimum atomic E-state index is -1.72. The molecule has 0 aromatic carbocycles. The minimum Gasteiger partial charge on any atom is -0.480 e. The fourth-order valence-corrected chi connectivity index (χ4v) is 2.49. The Balaban J connectivity index is 3.82. The summed E-state index contributed by atoms with van der Waals surface area (Å²) in [5.74, 6) is -1.94. The van der Waals surface area contributed by atoms with Crippen molar-refractivity contribution < 1.29 is 14.7 Å². The van der Waals surface area contributed by atoms with Crippen LogP contribution in [0.15, 0.2) is 0 Å². The van der Waals surface area contributed by atoms with Gasteiger partial charge in [0.1, 0.15) is 0 Å². The van der Waals surface area contributed by atoms with Gasteiger partial charge in [-0.15, -0.1) is 0 Å². The standard InChI is InChI=1S/C17H33NO3/c1-4-5-6-7-8-9-10-11-12-13-15(19)17(18,14(2)3)16(20)21/h14H,4-13,18H2,1-3H3,(H,20,21)/t17-/m1/s1. The average Bonchev–Trinajstić information content (AvgIpc) is 2.43. The van der Waals surface area contributed by atoms with Crippen molar-refractivity contribution >= 4 is 11.8 Å². The zero-order valence-electron chi connectivity index (χ0n) is 14.0. The van der Waals surface area contributed by atoms with Gasteiger partial charge in [-0.1, -0.05) is 72.1 Å². The Morgan fingerprint density at radius 2 is 1.38 bits per heavy atom. The maximum Gasteiger partial charge on any atom is 0.331 e. The highest BCUT2D eigenvalue weighted by atomic mass is 16.4. The molecule has 0 spiro atoms. The van der Waals surface area contributed by atoms with E-state index in [9.17, 15) is 14.7 Å². The number of aliphatic carboxylic acids is 1. The van der Waals surface area contributed by atoms with E-state index in [2.05, 4.69) is 6.92 Å². The molecule has 0 aromatic rings. The molecule has 0 aromatic heterocycles. The van der Waals surface area contributed by atoms with E-state index in [1.807, 2.05) is 0 Å². The third-order valence-electron chi connectivity index (χ3n) is 4.23. The van der Waals surface area contributed by atoms with E-state index in [0.717, 1.165) is 19.3 Å². The van der Waals surface area contributed by atoms with Crippen molar-refractivity contribution in [2.45, 2.75) is 90.5 Å². The summed E-state index contributed by atoms with van der Waals surface area (Å²) in [5.41, 5.74) is 4.06. The number of unbranched alkanes of at least 4 members (excludes halogenated alkanes) is 8. The van der Waals surface area contributed by atoms with Crippen LogP contribution in [0, 0.1) is 5.92 Å². The second-order valence-corrected chi connectivity index (χ2v) is 6.33. The van der Waals surface area contributed by atoms with Gasteiger partial charge < -0.3 is 10.8 Å². The molecule has 4 nitrogen and oxygen atoms in total. The molecule has 0 aliphatic carbocycles. The fourth-order valence-electron chi connectivity index (χ4n) is 2.49. The van der Waals surface area contributed by atoms with E-state index >= 15 is 0 Å². The average molecular weight is 299 g/mol. The molecule has 0 unspecified atom stereocenters. The van der Waals surface area contributed by atoms with Crippen LogP contribution in [-0.4, -0.2) is 22.4 Å². The highest BCUT2D eigenvalue weighted by Crippen LogP contribution is 2.19. The summed E-state index contributed by atoms with van der Waals surface area (Å²) in [6.07, 6.45) is 10.8. The van der Waals surface area contributed by atoms with Gasteiger partial charge in [-0.2, -0.15) is 0 Å². The van der Waals surface area contributed by atoms with Crippen molar-refractivity contribution in [1.29, 1.82) is 0 Å². The molecule has 0 rings (SSSR count). The van der Waals surface area contributed by atoms with Crippen LogP contribution in [0.1, 0.15) is 85.0 Å². The number of carboxylic acid groups (broad SMARTS) is 1. The minimum absolute atomic E-state index is 0.275. The first-order valence-electron chi connectivity index (χ1n) is 8.42. The predicted molar refractivity (Wildman–Crippen MR) is 86.2 cm³/mol. The van der Waals surface area contributed by atoms with Gasteiger partial charge >= 0.3 is 5.97 Å². The molecule has 21 heavy (non-hydrogen) atoms. The van der Waals surface area contributed by atoms with Crippen LogP contribution in [0.3, 0.4) is 0 Å². The van der Waals surface area contributed by atoms with Crippen molar-refractivity contribution in [3.8, 4) is 0 Å². The summed E-state index contributed by atoms with van der Waals surface area (Å²) in [6.45, 7) is 5.58. The first-order valence-corrected chi connectivity index (χ1v) is 8.42. The number of hydrogen-bond donors (Lipinski definition) is 2. The van der Waals surface area contributed by atoms with E-state index in [0.29, 0.717) is 0 Å². The van der Waals surface area contributed by atoms with Crippen LogP contribution in [-0.2, 0) is 9.59 Å². The highest BCUT2D eigenvalue weighted by molar-refractivity contribution is 6.07. The second-order valence-electron chi connectivity index (χ2n) is 6.33. The predicted octanol–water partition coefficient (Wildman–Crippen LogP) is 3.91. The van der Waals surface area contributed by atoms with Gasteiger partial charge in [-0.05, 0) is 12.3 Å². The third-order valence-corrected chi connectivity index (χ3v) is 4.23. The maximum atomic E-state index is 12.0. The number of rotatable bonds is 13. The Kier molecular flexibility index (Phi) is 10.3. The SMILES string of the molecule is CCCCCCCCCCCC(=O)[C@@](N)(C(=O)O)C(C)C. The first kappa shape index (κ1) is 20.1. The van der Waals surface area contributed by atoms with Crippen LogP contribution in [0.5, 0.6) is 0 Å². The van der Waals surface area contributed by atoms with Crippen molar-refractivity contribution in [3.63, 3.8) is 0 Å². The Bertz CT molecular complexity index is 315. The molecule has 0 bridgehead atoms. The van der Waals surface area contributed by atoms with E-state index in [4.69, 9.17) is 5.73 Å². The summed E-state index contributed by atoms with van der Waals surface area (Å²) >= 11 is 0. The molecule has 3 N–H and O–H groups in total. The highest BCUT2D eigenvalue weighted by Gasteiger charge is 2.44. The van der Waals surface area contributed by atoms with Crippen molar-refractivity contribution in [2.75, 3.05) is 0 Å². The van der Waals surface area contributed by atoms with Gasteiger partial charge in [0.05, 0.1) is 0 Å². The summed E-state index contributed by atoms with van der Waals surface area (Å²) in [4.78, 5) is 23.3. The van der Waals surface area contributed by atoms with Gasteiger partial charge in [0.2, 0.25) is 0 Å². The lowest BCUT2D eigenvalue weighted by Gasteiger charge is -2.27. The summed E-state index contributed by atoms with van der Waals surface area (Å²) in [7, 11) is 0. The lowest BCUT2D eigenvalue weighted by atomic mass is 9.81. The summed E-state index contributed by atoms with van der Waals surface area (Å²) in [5, 5.41) is 9.17. The van der Waals surface area contributed by atoms with Gasteiger partial charge in [-0.25, -0.2) is 4.79 Å². The monoisotopic (exact) mass is 299 g/mol. The number of hydrogen-bond acceptors (Lipinski definition) is 3.